The summed E-state index contributed by atoms with van der Waals surface area (Å²) >= 11 is 1.17. The lowest BCUT2D eigenvalue weighted by atomic mass is 9.96. The van der Waals surface area contributed by atoms with Crippen LogP contribution in [0, 0.1) is 5.82 Å². The van der Waals surface area contributed by atoms with Crippen molar-refractivity contribution >= 4 is 22.8 Å². The number of rotatable bonds is 6. The quantitative estimate of drug-likeness (QED) is 0.697. The zero-order valence-electron chi connectivity index (χ0n) is 15.8. The molecule has 2 aliphatic rings. The van der Waals surface area contributed by atoms with E-state index in [9.17, 15) is 9.18 Å². The van der Waals surface area contributed by atoms with Crippen molar-refractivity contribution in [2.24, 2.45) is 0 Å². The van der Waals surface area contributed by atoms with Crippen LogP contribution in [0.4, 0.5) is 4.39 Å². The van der Waals surface area contributed by atoms with Crippen LogP contribution in [0.3, 0.4) is 0 Å². The average molecular weight is 388 g/mol. The molecule has 144 valence electrons. The van der Waals surface area contributed by atoms with Gasteiger partial charge in [-0.05, 0) is 57.0 Å². The molecule has 0 radical (unpaired) electrons. The Labute approximate surface area is 163 Å². The lowest BCUT2D eigenvalue weighted by Gasteiger charge is -2.16. The molecular formula is C21H26FN3OS. The molecule has 2 heterocycles. The summed E-state index contributed by atoms with van der Waals surface area (Å²) in [4.78, 5) is 12.7. The van der Waals surface area contributed by atoms with Gasteiger partial charge in [-0.25, -0.2) is 4.39 Å². The van der Waals surface area contributed by atoms with Crippen LogP contribution in [-0.4, -0.2) is 32.6 Å². The Morgan fingerprint density at radius 3 is 2.85 bits per heavy atom. The molecule has 4 nitrogen and oxygen atoms in total. The molecule has 0 aromatic carbocycles. The van der Waals surface area contributed by atoms with Crippen molar-refractivity contribution in [2.45, 2.75) is 26.2 Å². The molecule has 1 amide bonds. The Morgan fingerprint density at radius 1 is 1.33 bits per heavy atom. The highest BCUT2D eigenvalue weighted by Crippen LogP contribution is 2.30. The second-order valence-corrected chi connectivity index (χ2v) is 7.64. The molecule has 0 saturated carbocycles. The van der Waals surface area contributed by atoms with Gasteiger partial charge in [0.05, 0.1) is 0 Å². The summed E-state index contributed by atoms with van der Waals surface area (Å²) < 4.78 is 14.8. The highest BCUT2D eigenvalue weighted by molar-refractivity contribution is 7.12. The number of thiophene rings is 1. The fraction of sp³-hybridized carbons (Fsp3) is 0.381. The van der Waals surface area contributed by atoms with E-state index in [1.807, 2.05) is 25.3 Å². The minimum atomic E-state index is -0.399. The fourth-order valence-electron chi connectivity index (χ4n) is 3.24. The summed E-state index contributed by atoms with van der Waals surface area (Å²) in [5.74, 6) is -0.757. The molecule has 0 bridgehead atoms. The van der Waals surface area contributed by atoms with E-state index in [2.05, 4.69) is 29.0 Å². The fourth-order valence-corrected chi connectivity index (χ4v) is 4.10. The van der Waals surface area contributed by atoms with E-state index in [1.54, 1.807) is 5.38 Å². The van der Waals surface area contributed by atoms with Crippen LogP contribution in [0.25, 0.3) is 5.57 Å². The molecule has 0 unspecified atom stereocenters. The first-order chi connectivity index (χ1) is 13.1. The molecule has 27 heavy (non-hydrogen) atoms. The lowest BCUT2D eigenvalue weighted by Crippen LogP contribution is -2.24. The summed E-state index contributed by atoms with van der Waals surface area (Å²) in [6, 6.07) is 0. The van der Waals surface area contributed by atoms with Crippen LogP contribution in [0.2, 0.25) is 0 Å². The van der Waals surface area contributed by atoms with Gasteiger partial charge in [-0.15, -0.1) is 11.3 Å². The van der Waals surface area contributed by atoms with Crippen LogP contribution in [0.15, 0.2) is 46.5 Å². The van der Waals surface area contributed by atoms with Crippen LogP contribution >= 0.6 is 11.3 Å². The molecule has 0 atom stereocenters. The van der Waals surface area contributed by atoms with Gasteiger partial charge in [-0.3, -0.25) is 4.79 Å². The Kier molecular flexibility index (Phi) is 6.77. The summed E-state index contributed by atoms with van der Waals surface area (Å²) in [5, 5.41) is 11.0. The molecule has 1 aromatic rings. The third-order valence-electron chi connectivity index (χ3n) is 4.89. The molecule has 1 aliphatic heterocycles. The van der Waals surface area contributed by atoms with Crippen LogP contribution in [0.5, 0.6) is 0 Å². The van der Waals surface area contributed by atoms with Crippen molar-refractivity contribution in [3.8, 4) is 0 Å². The highest BCUT2D eigenvalue weighted by Gasteiger charge is 2.22. The number of allylic oxidation sites excluding steroid dienone is 5. The monoisotopic (exact) mass is 387 g/mol. The van der Waals surface area contributed by atoms with Gasteiger partial charge in [0.25, 0.3) is 5.91 Å². The molecule has 0 spiro atoms. The predicted molar refractivity (Wildman–Crippen MR) is 110 cm³/mol. The first-order valence-corrected chi connectivity index (χ1v) is 10.2. The number of likely N-dealkylation sites (N-methyl/N-ethyl adjacent to an activating group) is 1. The normalized spacial score (nSPS) is 17.9. The Bertz CT molecular complexity index is 832. The zero-order valence-corrected chi connectivity index (χ0v) is 16.6. The Morgan fingerprint density at radius 2 is 2.19 bits per heavy atom. The van der Waals surface area contributed by atoms with Gasteiger partial charge in [-0.1, -0.05) is 23.8 Å². The van der Waals surface area contributed by atoms with Crippen LogP contribution in [-0.2, 0) is 0 Å². The summed E-state index contributed by atoms with van der Waals surface area (Å²) in [6.45, 7) is 4.52. The summed E-state index contributed by atoms with van der Waals surface area (Å²) in [5.41, 5.74) is 4.90. The van der Waals surface area contributed by atoms with Gasteiger partial charge in [0.2, 0.25) is 0 Å². The molecule has 3 N–H and O–H groups in total. The minimum Gasteiger partial charge on any atom is -0.325 e. The van der Waals surface area contributed by atoms with Gasteiger partial charge < -0.3 is 16.0 Å². The van der Waals surface area contributed by atoms with E-state index >= 15 is 0 Å². The van der Waals surface area contributed by atoms with Crippen LogP contribution in [0.1, 0.15) is 41.4 Å². The smallest absolute Gasteiger partial charge is 0.268 e. The number of carbonyl (C=O) groups is 1. The first-order valence-electron chi connectivity index (χ1n) is 9.30. The van der Waals surface area contributed by atoms with Gasteiger partial charge in [-0.2, -0.15) is 0 Å². The summed E-state index contributed by atoms with van der Waals surface area (Å²) in [6.07, 6.45) is 10.5. The highest BCUT2D eigenvalue weighted by atomic mass is 32.1. The topological polar surface area (TPSA) is 53.2 Å². The van der Waals surface area contributed by atoms with E-state index in [-0.39, 0.29) is 10.8 Å². The van der Waals surface area contributed by atoms with Gasteiger partial charge in [0.1, 0.15) is 4.88 Å². The van der Waals surface area contributed by atoms with E-state index in [4.69, 9.17) is 0 Å². The molecule has 1 aliphatic carbocycles. The SMILES string of the molecule is CNC/C=C(\C)C1=CC=C(NC(=O)c2scc(C3=CCNCC3)c2F)CC1. The maximum absolute atomic E-state index is 14.8. The largest absolute Gasteiger partial charge is 0.325 e. The van der Waals surface area contributed by atoms with Crippen molar-refractivity contribution in [1.82, 2.24) is 16.0 Å². The Balaban J connectivity index is 1.68. The number of amides is 1. The first kappa shape index (κ1) is 19.7. The van der Waals surface area contributed by atoms with Crippen molar-refractivity contribution < 1.29 is 9.18 Å². The van der Waals surface area contributed by atoms with Crippen molar-refractivity contribution in [3.63, 3.8) is 0 Å². The molecule has 0 fully saturated rings. The Hall–Kier alpha value is -2.02. The van der Waals surface area contributed by atoms with Crippen molar-refractivity contribution in [3.05, 3.63) is 62.8 Å². The molecular weight excluding hydrogens is 361 g/mol. The third-order valence-corrected chi connectivity index (χ3v) is 5.84. The minimum absolute atomic E-state index is 0.158. The van der Waals surface area contributed by atoms with E-state index in [0.29, 0.717) is 5.56 Å². The van der Waals surface area contributed by atoms with E-state index in [0.717, 1.165) is 50.2 Å². The second-order valence-electron chi connectivity index (χ2n) is 6.76. The van der Waals surface area contributed by atoms with Gasteiger partial charge in [0.15, 0.2) is 5.82 Å². The maximum Gasteiger partial charge on any atom is 0.268 e. The predicted octanol–water partition coefficient (Wildman–Crippen LogP) is 3.76. The van der Waals surface area contributed by atoms with Crippen molar-refractivity contribution in [1.29, 1.82) is 0 Å². The molecule has 0 saturated heterocycles. The van der Waals surface area contributed by atoms with Gasteiger partial charge >= 0.3 is 0 Å². The van der Waals surface area contributed by atoms with E-state index < -0.39 is 5.82 Å². The molecule has 6 heteroatoms. The van der Waals surface area contributed by atoms with E-state index in [1.165, 1.54) is 22.5 Å². The number of nitrogens with one attached hydrogen (secondary N) is 3. The summed E-state index contributed by atoms with van der Waals surface area (Å²) in [7, 11) is 1.92. The van der Waals surface area contributed by atoms with Crippen LogP contribution < -0.4 is 16.0 Å². The average Bonchev–Trinajstić information content (AvgIpc) is 3.09. The maximum atomic E-state index is 14.8. The third kappa shape index (κ3) is 4.83. The second kappa shape index (κ2) is 9.26. The lowest BCUT2D eigenvalue weighted by molar-refractivity contribution is 0.0965. The molecule has 3 rings (SSSR count). The standard InChI is InChI=1S/C21H26FN3OS/c1-14(7-10-23-2)15-3-5-17(6-4-15)25-21(26)20-19(22)18(13-27-20)16-8-11-24-12-9-16/h3,5,7-8,13,23-24H,4,6,9-12H2,1-2H3,(H,25,26)/b14-7+. The van der Waals surface area contributed by atoms with Gasteiger partial charge in [0, 0.05) is 29.7 Å². The number of halogens is 1. The van der Waals surface area contributed by atoms with Crippen molar-refractivity contribution in [2.75, 3.05) is 26.7 Å². The molecule has 1 aromatic heterocycles. The number of hydrogen-bond acceptors (Lipinski definition) is 4. The number of hydrogen-bond donors (Lipinski definition) is 3. The number of carbonyl (C=O) groups excluding carboxylic acids is 1. The zero-order chi connectivity index (χ0) is 19.2.